The lowest BCUT2D eigenvalue weighted by Gasteiger charge is -2.24. The van der Waals surface area contributed by atoms with Gasteiger partial charge in [0.05, 0.1) is 21.3 Å². The first-order valence-electron chi connectivity index (χ1n) is 7.12. The van der Waals surface area contributed by atoms with Gasteiger partial charge in [-0.1, -0.05) is 0 Å². The smallest absolute Gasteiger partial charge is 0.191 e. The summed E-state index contributed by atoms with van der Waals surface area (Å²) in [5, 5.41) is 6.58. The Bertz CT molecular complexity index is 528. The Morgan fingerprint density at radius 3 is 1.96 bits per heavy atom. The third-order valence-corrected chi connectivity index (χ3v) is 2.95. The molecule has 2 N–H and O–H groups in total. The molecule has 0 aliphatic carbocycles. The Hall–Kier alpha value is -1.38. The molecule has 0 saturated heterocycles. The van der Waals surface area contributed by atoms with Crippen molar-refractivity contribution in [2.45, 2.75) is 32.9 Å². The number of guanidine groups is 1. The number of nitrogens with one attached hydrogen (secondary N) is 2. The van der Waals surface area contributed by atoms with Crippen molar-refractivity contribution in [1.29, 1.82) is 0 Å². The van der Waals surface area contributed by atoms with Crippen LogP contribution in [0.15, 0.2) is 17.1 Å². The van der Waals surface area contributed by atoms with Gasteiger partial charge in [0, 0.05) is 30.8 Å². The Balaban J connectivity index is 0.00000484. The second-order valence-electron chi connectivity index (χ2n) is 5.82. The highest BCUT2D eigenvalue weighted by Gasteiger charge is 2.14. The molecule has 6 nitrogen and oxygen atoms in total. The molecular weight excluding hydrogens is 409 g/mol. The topological polar surface area (TPSA) is 64.1 Å². The molecule has 0 aliphatic heterocycles. The van der Waals surface area contributed by atoms with Crippen LogP contribution in [0, 0.1) is 0 Å². The Morgan fingerprint density at radius 2 is 1.52 bits per heavy atom. The molecule has 0 bridgehead atoms. The monoisotopic (exact) mass is 437 g/mol. The predicted molar refractivity (Wildman–Crippen MR) is 105 cm³/mol. The third kappa shape index (κ3) is 6.72. The largest absolute Gasteiger partial charge is 0.496 e. The zero-order valence-electron chi connectivity index (χ0n) is 14.9. The molecule has 0 aliphatic rings. The number of hydrogen-bond acceptors (Lipinski definition) is 4. The van der Waals surface area contributed by atoms with E-state index in [2.05, 4.69) is 36.4 Å². The van der Waals surface area contributed by atoms with E-state index in [1.54, 1.807) is 28.4 Å². The maximum absolute atomic E-state index is 5.42. The van der Waals surface area contributed by atoms with Crippen molar-refractivity contribution >= 4 is 29.9 Å². The molecule has 1 aromatic rings. The molecule has 1 aromatic carbocycles. The molecule has 0 fully saturated rings. The molecule has 0 amide bonds. The number of hydrogen-bond donors (Lipinski definition) is 2. The summed E-state index contributed by atoms with van der Waals surface area (Å²) in [7, 11) is 6.59. The minimum absolute atomic E-state index is 0. The molecule has 0 spiro atoms. The second-order valence-corrected chi connectivity index (χ2v) is 5.82. The van der Waals surface area contributed by atoms with E-state index in [-0.39, 0.29) is 29.5 Å². The molecule has 7 heteroatoms. The van der Waals surface area contributed by atoms with Crippen LogP contribution in [-0.4, -0.2) is 39.9 Å². The van der Waals surface area contributed by atoms with Crippen LogP contribution in [0.3, 0.4) is 0 Å². The molecule has 0 saturated carbocycles. The van der Waals surface area contributed by atoms with Gasteiger partial charge in [0.2, 0.25) is 0 Å². The van der Waals surface area contributed by atoms with Crippen LogP contribution in [0.2, 0.25) is 0 Å². The van der Waals surface area contributed by atoms with Crippen molar-refractivity contribution in [2.75, 3.05) is 28.4 Å². The molecular formula is C16H28IN3O3. The van der Waals surface area contributed by atoms with Crippen LogP contribution in [0.25, 0.3) is 0 Å². The normalized spacial score (nSPS) is 11.3. The van der Waals surface area contributed by atoms with Gasteiger partial charge in [-0.2, -0.15) is 0 Å². The summed E-state index contributed by atoms with van der Waals surface area (Å²) in [4.78, 5) is 4.22. The number of methoxy groups -OCH3 is 3. The van der Waals surface area contributed by atoms with Gasteiger partial charge in [0.15, 0.2) is 17.5 Å². The Morgan fingerprint density at radius 1 is 1.00 bits per heavy atom. The van der Waals surface area contributed by atoms with Gasteiger partial charge in [-0.05, 0) is 26.8 Å². The first-order chi connectivity index (χ1) is 10.3. The zero-order chi connectivity index (χ0) is 16.8. The highest BCUT2D eigenvalue weighted by Crippen LogP contribution is 2.34. The van der Waals surface area contributed by atoms with Crippen molar-refractivity contribution in [1.82, 2.24) is 10.6 Å². The van der Waals surface area contributed by atoms with Crippen LogP contribution in [0.5, 0.6) is 17.2 Å². The fraction of sp³-hybridized carbons (Fsp3) is 0.562. The summed E-state index contributed by atoms with van der Waals surface area (Å²) in [6.45, 7) is 6.80. The van der Waals surface area contributed by atoms with Crippen molar-refractivity contribution in [2.24, 2.45) is 4.99 Å². The van der Waals surface area contributed by atoms with E-state index in [1.807, 2.05) is 12.1 Å². The van der Waals surface area contributed by atoms with Crippen molar-refractivity contribution in [3.63, 3.8) is 0 Å². The summed E-state index contributed by atoms with van der Waals surface area (Å²) < 4.78 is 16.0. The Kier molecular flexibility index (Phi) is 9.11. The quantitative estimate of drug-likeness (QED) is 0.422. The van der Waals surface area contributed by atoms with Crippen LogP contribution in [-0.2, 0) is 6.54 Å². The number of halogens is 1. The third-order valence-electron chi connectivity index (χ3n) is 2.95. The van der Waals surface area contributed by atoms with Crippen LogP contribution in [0.1, 0.15) is 26.3 Å². The van der Waals surface area contributed by atoms with E-state index in [4.69, 9.17) is 14.2 Å². The van der Waals surface area contributed by atoms with Crippen molar-refractivity contribution < 1.29 is 14.2 Å². The summed E-state index contributed by atoms with van der Waals surface area (Å²) in [6, 6.07) is 3.71. The molecule has 0 heterocycles. The maximum Gasteiger partial charge on any atom is 0.191 e. The van der Waals surface area contributed by atoms with E-state index in [9.17, 15) is 0 Å². The predicted octanol–water partition coefficient (Wildman–Crippen LogP) is 2.79. The lowest BCUT2D eigenvalue weighted by Crippen LogP contribution is -2.47. The van der Waals surface area contributed by atoms with Crippen LogP contribution < -0.4 is 24.8 Å². The van der Waals surface area contributed by atoms with Crippen molar-refractivity contribution in [3.05, 3.63) is 17.7 Å². The number of nitrogens with zero attached hydrogens (tertiary/aromatic N) is 1. The van der Waals surface area contributed by atoms with E-state index in [0.29, 0.717) is 18.0 Å². The summed E-state index contributed by atoms with van der Waals surface area (Å²) in [5.74, 6) is 2.76. The Labute approximate surface area is 156 Å². The zero-order valence-corrected chi connectivity index (χ0v) is 17.3. The molecule has 0 atom stereocenters. The van der Waals surface area contributed by atoms with E-state index < -0.39 is 0 Å². The molecule has 0 radical (unpaired) electrons. The van der Waals surface area contributed by atoms with E-state index >= 15 is 0 Å². The first kappa shape index (κ1) is 21.6. The summed E-state index contributed by atoms with van der Waals surface area (Å²) in [6.07, 6.45) is 0. The van der Waals surface area contributed by atoms with E-state index in [1.165, 1.54) is 0 Å². The lowest BCUT2D eigenvalue weighted by atomic mass is 10.1. The van der Waals surface area contributed by atoms with Gasteiger partial charge >= 0.3 is 0 Å². The molecule has 0 unspecified atom stereocenters. The summed E-state index contributed by atoms with van der Waals surface area (Å²) >= 11 is 0. The number of rotatable bonds is 5. The number of aliphatic imine (C=N–C) groups is 1. The minimum atomic E-state index is -0.0659. The fourth-order valence-electron chi connectivity index (χ4n) is 1.94. The fourth-order valence-corrected chi connectivity index (χ4v) is 1.94. The molecule has 0 aromatic heterocycles. The second kappa shape index (κ2) is 9.69. The number of ether oxygens (including phenoxy) is 3. The molecule has 23 heavy (non-hydrogen) atoms. The van der Waals surface area contributed by atoms with Gasteiger partial charge in [-0.25, -0.2) is 0 Å². The highest BCUT2D eigenvalue weighted by atomic mass is 127. The average molecular weight is 437 g/mol. The maximum atomic E-state index is 5.42. The van der Waals surface area contributed by atoms with Gasteiger partial charge in [-0.3, -0.25) is 4.99 Å². The van der Waals surface area contributed by atoms with Gasteiger partial charge in [0.1, 0.15) is 5.75 Å². The first-order valence-corrected chi connectivity index (χ1v) is 7.12. The minimum Gasteiger partial charge on any atom is -0.496 e. The molecule has 132 valence electrons. The van der Waals surface area contributed by atoms with Gasteiger partial charge in [0.25, 0.3) is 0 Å². The standard InChI is InChI=1S/C16H27N3O3.HI/c1-16(2,3)19-15(17-4)18-10-11-8-13(21-6)14(22-7)9-12(11)20-5;/h8-9H,10H2,1-7H3,(H2,17,18,19);1H. The van der Waals surface area contributed by atoms with E-state index in [0.717, 1.165) is 17.3 Å². The lowest BCUT2D eigenvalue weighted by molar-refractivity contribution is 0.347. The van der Waals surface area contributed by atoms with Gasteiger partial charge < -0.3 is 24.8 Å². The number of benzene rings is 1. The van der Waals surface area contributed by atoms with Crippen molar-refractivity contribution in [3.8, 4) is 17.2 Å². The SMILES string of the molecule is CN=C(NCc1cc(OC)c(OC)cc1OC)NC(C)(C)C.I. The van der Waals surface area contributed by atoms with Crippen LogP contribution in [0.4, 0.5) is 0 Å². The van der Waals surface area contributed by atoms with Gasteiger partial charge in [-0.15, -0.1) is 24.0 Å². The highest BCUT2D eigenvalue weighted by molar-refractivity contribution is 14.0. The average Bonchev–Trinajstić information content (AvgIpc) is 2.49. The van der Waals surface area contributed by atoms with Crippen LogP contribution >= 0.6 is 24.0 Å². The molecule has 1 rings (SSSR count). The summed E-state index contributed by atoms with van der Waals surface area (Å²) in [5.41, 5.74) is 0.890.